The smallest absolute Gasteiger partial charge is 0.191 e. The van der Waals surface area contributed by atoms with Crippen LogP contribution in [0.4, 0.5) is 0 Å². The molecule has 6 heteroatoms. The lowest BCUT2D eigenvalue weighted by Crippen LogP contribution is -2.48. The van der Waals surface area contributed by atoms with E-state index in [2.05, 4.69) is 40.7 Å². The molecule has 2 aliphatic rings. The topological polar surface area (TPSA) is 48.9 Å². The number of nitrogens with zero attached hydrogens (tertiary/aromatic N) is 2. The number of aliphatic imine (C=N–C) groups is 1. The van der Waals surface area contributed by atoms with E-state index in [1.54, 1.807) is 0 Å². The van der Waals surface area contributed by atoms with Gasteiger partial charge in [-0.2, -0.15) is 0 Å². The van der Waals surface area contributed by atoms with Crippen LogP contribution in [0.3, 0.4) is 0 Å². The van der Waals surface area contributed by atoms with E-state index in [0.29, 0.717) is 6.04 Å². The average molecular weight is 405 g/mol. The molecule has 154 valence electrons. The van der Waals surface area contributed by atoms with Crippen molar-refractivity contribution < 1.29 is 4.74 Å². The highest BCUT2D eigenvalue weighted by atomic mass is 35.5. The number of rotatable bonds is 7. The van der Waals surface area contributed by atoms with Crippen molar-refractivity contribution in [3.63, 3.8) is 0 Å². The minimum atomic E-state index is 0.488. The number of ether oxygens (including phenoxy) is 1. The standard InChI is InChI=1S/C22H33ClN4O/c1-2-24-22(25-12-7-18-10-15-28-16-11-18)26-21-8-13-27(14-9-21)17-19-3-5-20(23)6-4-19/h3-6,10,21H,2,7-9,11-17H2,1H3,(H2,24,25,26). The molecule has 28 heavy (non-hydrogen) atoms. The molecule has 0 amide bonds. The zero-order valence-electron chi connectivity index (χ0n) is 16.9. The molecule has 0 bridgehead atoms. The molecule has 1 fully saturated rings. The maximum atomic E-state index is 5.98. The number of likely N-dealkylation sites (tertiary alicyclic amines) is 1. The van der Waals surface area contributed by atoms with Gasteiger partial charge in [0.1, 0.15) is 0 Å². The third-order valence-corrected chi connectivity index (χ3v) is 5.60. The fraction of sp³-hybridized carbons (Fsp3) is 0.591. The second kappa shape index (κ2) is 11.4. The normalized spacial score (nSPS) is 19.4. The van der Waals surface area contributed by atoms with Crippen molar-refractivity contribution in [3.05, 3.63) is 46.5 Å². The summed E-state index contributed by atoms with van der Waals surface area (Å²) in [6.45, 7) is 8.64. The van der Waals surface area contributed by atoms with Crippen molar-refractivity contribution >= 4 is 17.6 Å². The Kier molecular flexibility index (Phi) is 8.65. The third kappa shape index (κ3) is 7.12. The summed E-state index contributed by atoms with van der Waals surface area (Å²) in [6, 6.07) is 8.68. The van der Waals surface area contributed by atoms with E-state index in [1.807, 2.05) is 12.1 Å². The quantitative estimate of drug-likeness (QED) is 0.414. The summed E-state index contributed by atoms with van der Waals surface area (Å²) in [5, 5.41) is 7.83. The molecule has 0 aromatic heterocycles. The average Bonchev–Trinajstić information content (AvgIpc) is 2.72. The Balaban J connectivity index is 1.42. The molecule has 0 saturated carbocycles. The number of benzene rings is 1. The van der Waals surface area contributed by atoms with Gasteiger partial charge in [-0.3, -0.25) is 9.89 Å². The van der Waals surface area contributed by atoms with Gasteiger partial charge >= 0.3 is 0 Å². The monoisotopic (exact) mass is 404 g/mol. The molecule has 1 aromatic rings. The Labute approximate surface area is 174 Å². The Hall–Kier alpha value is -1.56. The van der Waals surface area contributed by atoms with Crippen molar-refractivity contribution in [2.75, 3.05) is 39.4 Å². The fourth-order valence-electron chi connectivity index (χ4n) is 3.70. The van der Waals surface area contributed by atoms with Gasteiger partial charge in [0.05, 0.1) is 13.2 Å². The van der Waals surface area contributed by atoms with E-state index in [1.165, 1.54) is 11.1 Å². The van der Waals surface area contributed by atoms with E-state index >= 15 is 0 Å². The van der Waals surface area contributed by atoms with Crippen LogP contribution in [0.2, 0.25) is 5.02 Å². The van der Waals surface area contributed by atoms with Gasteiger partial charge in [0.2, 0.25) is 0 Å². The van der Waals surface area contributed by atoms with Crippen molar-refractivity contribution in [1.82, 2.24) is 15.5 Å². The highest BCUT2D eigenvalue weighted by Crippen LogP contribution is 2.16. The minimum Gasteiger partial charge on any atom is -0.377 e. The number of halogens is 1. The first-order valence-corrected chi connectivity index (χ1v) is 10.9. The van der Waals surface area contributed by atoms with Crippen LogP contribution in [-0.2, 0) is 11.3 Å². The second-order valence-corrected chi connectivity index (χ2v) is 7.96. The zero-order valence-corrected chi connectivity index (χ0v) is 17.7. The summed E-state index contributed by atoms with van der Waals surface area (Å²) in [5.41, 5.74) is 2.80. The maximum absolute atomic E-state index is 5.98. The van der Waals surface area contributed by atoms with Crippen LogP contribution in [0.1, 0.15) is 38.2 Å². The Bertz CT molecular complexity index is 651. The van der Waals surface area contributed by atoms with Crippen molar-refractivity contribution in [2.24, 2.45) is 4.99 Å². The number of hydrogen-bond acceptors (Lipinski definition) is 3. The zero-order chi connectivity index (χ0) is 19.6. The molecule has 0 unspecified atom stereocenters. The molecule has 0 aliphatic carbocycles. The molecular formula is C22H33ClN4O. The molecule has 1 saturated heterocycles. The van der Waals surface area contributed by atoms with E-state index in [-0.39, 0.29) is 0 Å². The molecule has 0 radical (unpaired) electrons. The Morgan fingerprint density at radius 2 is 2.04 bits per heavy atom. The lowest BCUT2D eigenvalue weighted by atomic mass is 10.0. The maximum Gasteiger partial charge on any atom is 0.191 e. The summed E-state index contributed by atoms with van der Waals surface area (Å²) in [6.07, 6.45) is 6.56. The second-order valence-electron chi connectivity index (χ2n) is 7.52. The first-order chi connectivity index (χ1) is 13.7. The first kappa shape index (κ1) is 21.2. The molecule has 1 aromatic carbocycles. The van der Waals surface area contributed by atoms with Crippen LogP contribution in [-0.4, -0.2) is 56.3 Å². The highest BCUT2D eigenvalue weighted by molar-refractivity contribution is 6.30. The van der Waals surface area contributed by atoms with Crippen LogP contribution in [0.25, 0.3) is 0 Å². The Morgan fingerprint density at radius 3 is 2.71 bits per heavy atom. The van der Waals surface area contributed by atoms with Crippen LogP contribution in [0, 0.1) is 0 Å². The number of guanidine groups is 1. The van der Waals surface area contributed by atoms with Crippen LogP contribution in [0.5, 0.6) is 0 Å². The summed E-state index contributed by atoms with van der Waals surface area (Å²) in [5.74, 6) is 0.950. The van der Waals surface area contributed by atoms with Gasteiger partial charge in [0, 0.05) is 43.8 Å². The van der Waals surface area contributed by atoms with Crippen molar-refractivity contribution in [3.8, 4) is 0 Å². The van der Waals surface area contributed by atoms with Gasteiger partial charge in [0.25, 0.3) is 0 Å². The minimum absolute atomic E-state index is 0.488. The lowest BCUT2D eigenvalue weighted by molar-refractivity contribution is 0.153. The molecular weight excluding hydrogens is 372 g/mol. The highest BCUT2D eigenvalue weighted by Gasteiger charge is 2.20. The predicted molar refractivity (Wildman–Crippen MR) is 117 cm³/mol. The number of nitrogens with one attached hydrogen (secondary N) is 2. The first-order valence-electron chi connectivity index (χ1n) is 10.5. The van der Waals surface area contributed by atoms with Gasteiger partial charge in [-0.15, -0.1) is 0 Å². The summed E-state index contributed by atoms with van der Waals surface area (Å²) < 4.78 is 5.37. The summed E-state index contributed by atoms with van der Waals surface area (Å²) >= 11 is 5.98. The van der Waals surface area contributed by atoms with E-state index in [4.69, 9.17) is 21.3 Å². The van der Waals surface area contributed by atoms with E-state index in [9.17, 15) is 0 Å². The molecule has 3 rings (SSSR count). The molecule has 2 aliphatic heterocycles. The predicted octanol–water partition coefficient (Wildman–Crippen LogP) is 3.60. The SMILES string of the molecule is CCNC(=NCCC1=CCOCC1)NC1CCN(Cc2ccc(Cl)cc2)CC1. The van der Waals surface area contributed by atoms with Crippen molar-refractivity contribution in [2.45, 2.75) is 45.2 Å². The molecule has 5 nitrogen and oxygen atoms in total. The molecule has 2 N–H and O–H groups in total. The van der Waals surface area contributed by atoms with Gasteiger partial charge in [-0.05, 0) is 50.3 Å². The molecule has 0 spiro atoms. The third-order valence-electron chi connectivity index (χ3n) is 5.35. The van der Waals surface area contributed by atoms with Gasteiger partial charge in [0.15, 0.2) is 5.96 Å². The summed E-state index contributed by atoms with van der Waals surface area (Å²) in [7, 11) is 0. The van der Waals surface area contributed by atoms with Crippen LogP contribution in [0.15, 0.2) is 40.9 Å². The summed E-state index contributed by atoms with van der Waals surface area (Å²) in [4.78, 5) is 7.30. The van der Waals surface area contributed by atoms with E-state index in [0.717, 1.165) is 82.6 Å². The lowest BCUT2D eigenvalue weighted by Gasteiger charge is -2.33. The molecule has 2 heterocycles. The number of hydrogen-bond donors (Lipinski definition) is 2. The number of piperidine rings is 1. The van der Waals surface area contributed by atoms with Crippen LogP contribution < -0.4 is 10.6 Å². The Morgan fingerprint density at radius 1 is 1.25 bits per heavy atom. The van der Waals surface area contributed by atoms with Crippen LogP contribution >= 0.6 is 11.6 Å². The van der Waals surface area contributed by atoms with E-state index < -0.39 is 0 Å². The van der Waals surface area contributed by atoms with Gasteiger partial charge < -0.3 is 15.4 Å². The van der Waals surface area contributed by atoms with Gasteiger partial charge in [-0.25, -0.2) is 0 Å². The van der Waals surface area contributed by atoms with Gasteiger partial charge in [-0.1, -0.05) is 35.4 Å². The van der Waals surface area contributed by atoms with Crippen molar-refractivity contribution in [1.29, 1.82) is 0 Å². The molecule has 0 atom stereocenters. The largest absolute Gasteiger partial charge is 0.377 e. The fourth-order valence-corrected chi connectivity index (χ4v) is 3.83.